The van der Waals surface area contributed by atoms with Gasteiger partial charge >= 0.3 is 5.97 Å². The monoisotopic (exact) mass is 489 g/mol. The number of hydrogen-bond donors (Lipinski definition) is 1. The van der Waals surface area contributed by atoms with Gasteiger partial charge in [0, 0.05) is 23.1 Å². The van der Waals surface area contributed by atoms with Gasteiger partial charge in [-0.05, 0) is 29.7 Å². The third-order valence-corrected chi connectivity index (χ3v) is 5.68. The molecule has 1 N–H and O–H groups in total. The van der Waals surface area contributed by atoms with Crippen molar-refractivity contribution in [3.8, 4) is 17.2 Å². The van der Waals surface area contributed by atoms with E-state index in [0.717, 1.165) is 28.2 Å². The average molecular weight is 490 g/mol. The van der Waals surface area contributed by atoms with Crippen LogP contribution >= 0.6 is 0 Å². The van der Waals surface area contributed by atoms with Crippen molar-refractivity contribution < 1.29 is 28.9 Å². The molecule has 188 valence electrons. The van der Waals surface area contributed by atoms with Gasteiger partial charge in [-0.15, -0.1) is 0 Å². The highest BCUT2D eigenvalue weighted by atomic mass is 16.6. The Morgan fingerprint density at radius 1 is 1.03 bits per heavy atom. The van der Waals surface area contributed by atoms with Crippen LogP contribution in [0.3, 0.4) is 0 Å². The molecule has 1 aliphatic rings. The standard InChI is InChI=1S/C29H31NO6/c1-20(2)16-36-30-27(22-6-4-3-5-7-22)19-34-24-10-8-21(9-11-24)17-33-25-12-13-26-23(14-29(31)32)18-35-28(26)15-25/h3-13,15,20,23H,14,16-19H2,1-2H3,(H,31,32). The summed E-state index contributed by atoms with van der Waals surface area (Å²) in [5, 5.41) is 13.4. The number of oxime groups is 1. The molecule has 0 aromatic heterocycles. The molecule has 1 unspecified atom stereocenters. The van der Waals surface area contributed by atoms with Crippen LogP contribution in [0, 0.1) is 5.92 Å². The number of benzene rings is 3. The molecule has 0 amide bonds. The van der Waals surface area contributed by atoms with E-state index < -0.39 is 5.97 Å². The Labute approximate surface area is 211 Å². The van der Waals surface area contributed by atoms with Crippen LogP contribution in [-0.4, -0.2) is 36.6 Å². The molecule has 4 rings (SSSR count). The first-order valence-corrected chi connectivity index (χ1v) is 12.0. The van der Waals surface area contributed by atoms with Gasteiger partial charge in [0.05, 0.1) is 13.0 Å². The van der Waals surface area contributed by atoms with E-state index in [9.17, 15) is 4.79 Å². The Morgan fingerprint density at radius 3 is 2.50 bits per heavy atom. The first kappa shape index (κ1) is 25.1. The van der Waals surface area contributed by atoms with Crippen LogP contribution < -0.4 is 14.2 Å². The maximum absolute atomic E-state index is 11.0. The van der Waals surface area contributed by atoms with Crippen LogP contribution in [0.1, 0.15) is 42.9 Å². The molecule has 3 aromatic rings. The summed E-state index contributed by atoms with van der Waals surface area (Å²) in [5.41, 5.74) is 3.59. The van der Waals surface area contributed by atoms with Gasteiger partial charge in [-0.1, -0.05) is 67.5 Å². The van der Waals surface area contributed by atoms with E-state index >= 15 is 0 Å². The molecule has 1 heterocycles. The summed E-state index contributed by atoms with van der Waals surface area (Å²) >= 11 is 0. The molecule has 1 aliphatic heterocycles. The molecule has 7 nitrogen and oxygen atoms in total. The molecule has 3 aromatic carbocycles. The van der Waals surface area contributed by atoms with E-state index in [4.69, 9.17) is 24.2 Å². The van der Waals surface area contributed by atoms with Crippen LogP contribution in [0.4, 0.5) is 0 Å². The minimum atomic E-state index is -0.827. The van der Waals surface area contributed by atoms with Crippen LogP contribution in [0.5, 0.6) is 17.2 Å². The summed E-state index contributed by atoms with van der Waals surface area (Å²) in [6, 6.07) is 23.1. The van der Waals surface area contributed by atoms with E-state index in [1.807, 2.05) is 72.8 Å². The summed E-state index contributed by atoms with van der Waals surface area (Å²) in [6.07, 6.45) is 0.0608. The first-order valence-electron chi connectivity index (χ1n) is 12.0. The van der Waals surface area contributed by atoms with Crippen LogP contribution in [0.25, 0.3) is 0 Å². The van der Waals surface area contributed by atoms with Gasteiger partial charge in [0.25, 0.3) is 0 Å². The van der Waals surface area contributed by atoms with Crippen molar-refractivity contribution in [1.82, 2.24) is 0 Å². The fourth-order valence-corrected chi connectivity index (χ4v) is 3.78. The van der Waals surface area contributed by atoms with Crippen molar-refractivity contribution in [1.29, 1.82) is 0 Å². The third kappa shape index (κ3) is 7.01. The Balaban J connectivity index is 1.31. The number of nitrogens with zero attached hydrogens (tertiary/aromatic N) is 1. The number of carboxylic acid groups (broad SMARTS) is 1. The summed E-state index contributed by atoms with van der Waals surface area (Å²) in [7, 11) is 0. The van der Waals surface area contributed by atoms with E-state index in [0.29, 0.717) is 37.2 Å². The second-order valence-electron chi connectivity index (χ2n) is 9.12. The van der Waals surface area contributed by atoms with Crippen LogP contribution in [0.15, 0.2) is 78.0 Å². The number of carboxylic acids is 1. The minimum absolute atomic E-state index is 0.0608. The first-order chi connectivity index (χ1) is 17.5. The van der Waals surface area contributed by atoms with E-state index in [1.165, 1.54) is 0 Å². The number of fused-ring (bicyclic) bond motifs is 1. The summed E-state index contributed by atoms with van der Waals surface area (Å²) in [4.78, 5) is 16.5. The Hall–Kier alpha value is -4.00. The number of ether oxygens (including phenoxy) is 3. The van der Waals surface area contributed by atoms with Crippen molar-refractivity contribution in [2.24, 2.45) is 11.1 Å². The van der Waals surface area contributed by atoms with Crippen molar-refractivity contribution >= 4 is 11.7 Å². The second kappa shape index (κ2) is 12.1. The lowest BCUT2D eigenvalue weighted by atomic mass is 9.98. The van der Waals surface area contributed by atoms with Crippen molar-refractivity contribution in [2.75, 3.05) is 19.8 Å². The molecular weight excluding hydrogens is 458 g/mol. The van der Waals surface area contributed by atoms with Gasteiger partial charge < -0.3 is 24.2 Å². The van der Waals surface area contributed by atoms with E-state index in [-0.39, 0.29) is 18.9 Å². The molecule has 0 saturated carbocycles. The lowest BCUT2D eigenvalue weighted by molar-refractivity contribution is -0.137. The molecule has 0 spiro atoms. The molecule has 0 radical (unpaired) electrons. The van der Waals surface area contributed by atoms with Gasteiger partial charge in [-0.3, -0.25) is 4.79 Å². The Bertz CT molecular complexity index is 1170. The maximum atomic E-state index is 11.0. The molecule has 0 bridgehead atoms. The highest BCUT2D eigenvalue weighted by molar-refractivity contribution is 6.01. The van der Waals surface area contributed by atoms with Crippen molar-refractivity contribution in [3.63, 3.8) is 0 Å². The SMILES string of the molecule is CC(C)CON=C(COc1ccc(COc2ccc3c(c2)OCC3CC(=O)O)cc1)c1ccccc1. The number of hydrogen-bond acceptors (Lipinski definition) is 6. The lowest BCUT2D eigenvalue weighted by Crippen LogP contribution is -2.14. The van der Waals surface area contributed by atoms with Gasteiger partial charge in [0.1, 0.15) is 42.8 Å². The van der Waals surface area contributed by atoms with Gasteiger partial charge in [-0.25, -0.2) is 0 Å². The van der Waals surface area contributed by atoms with Gasteiger partial charge in [-0.2, -0.15) is 0 Å². The zero-order chi connectivity index (χ0) is 25.3. The molecule has 7 heteroatoms. The van der Waals surface area contributed by atoms with Crippen molar-refractivity contribution in [2.45, 2.75) is 32.8 Å². The van der Waals surface area contributed by atoms with Gasteiger partial charge in [0.15, 0.2) is 0 Å². The van der Waals surface area contributed by atoms with Gasteiger partial charge in [0.2, 0.25) is 0 Å². The zero-order valence-corrected chi connectivity index (χ0v) is 20.6. The largest absolute Gasteiger partial charge is 0.492 e. The molecule has 0 aliphatic carbocycles. The normalized spacial score (nSPS) is 14.8. The molecule has 0 fully saturated rings. The molecule has 0 saturated heterocycles. The lowest BCUT2D eigenvalue weighted by Gasteiger charge is -2.11. The van der Waals surface area contributed by atoms with Crippen molar-refractivity contribution in [3.05, 3.63) is 89.5 Å². The van der Waals surface area contributed by atoms with E-state index in [2.05, 4.69) is 19.0 Å². The molecule has 1 atom stereocenters. The Kier molecular flexibility index (Phi) is 8.44. The summed E-state index contributed by atoms with van der Waals surface area (Å²) < 4.78 is 17.6. The number of rotatable bonds is 12. The second-order valence-corrected chi connectivity index (χ2v) is 9.12. The van der Waals surface area contributed by atoms with Crippen LogP contribution in [-0.2, 0) is 16.2 Å². The van der Waals surface area contributed by atoms with E-state index in [1.54, 1.807) is 0 Å². The fraction of sp³-hybridized carbons (Fsp3) is 0.310. The van der Waals surface area contributed by atoms with Crippen LogP contribution in [0.2, 0.25) is 0 Å². The quantitative estimate of drug-likeness (QED) is 0.261. The highest BCUT2D eigenvalue weighted by Gasteiger charge is 2.26. The minimum Gasteiger partial charge on any atom is -0.492 e. The maximum Gasteiger partial charge on any atom is 0.304 e. The number of carbonyl (C=O) groups is 1. The predicted molar refractivity (Wildman–Crippen MR) is 137 cm³/mol. The molecular formula is C29H31NO6. The zero-order valence-electron chi connectivity index (χ0n) is 20.6. The predicted octanol–water partition coefficient (Wildman–Crippen LogP) is 5.67. The Morgan fingerprint density at radius 2 is 1.78 bits per heavy atom. The number of aliphatic carboxylic acids is 1. The molecule has 36 heavy (non-hydrogen) atoms. The summed E-state index contributed by atoms with van der Waals surface area (Å²) in [6.45, 7) is 5.76. The topological polar surface area (TPSA) is 86.6 Å². The highest BCUT2D eigenvalue weighted by Crippen LogP contribution is 2.38. The smallest absolute Gasteiger partial charge is 0.304 e. The third-order valence-electron chi connectivity index (χ3n) is 5.68. The summed E-state index contributed by atoms with van der Waals surface area (Å²) in [5.74, 6) is 1.53. The average Bonchev–Trinajstić information content (AvgIpc) is 3.27. The fourth-order valence-electron chi connectivity index (χ4n) is 3.78.